The van der Waals surface area contributed by atoms with Gasteiger partial charge in [-0.2, -0.15) is 0 Å². The molecule has 22 heavy (non-hydrogen) atoms. The molecule has 0 spiro atoms. The lowest BCUT2D eigenvalue weighted by Crippen LogP contribution is -2.39. The summed E-state index contributed by atoms with van der Waals surface area (Å²) >= 11 is 0. The van der Waals surface area contributed by atoms with Crippen molar-refractivity contribution in [1.29, 1.82) is 0 Å². The van der Waals surface area contributed by atoms with Crippen LogP contribution in [0.5, 0.6) is 0 Å². The maximum absolute atomic E-state index is 12.3. The molecule has 0 bridgehead atoms. The third kappa shape index (κ3) is 3.20. The summed E-state index contributed by atoms with van der Waals surface area (Å²) in [7, 11) is 1.41. The van der Waals surface area contributed by atoms with E-state index in [0.717, 1.165) is 4.68 Å². The fourth-order valence-electron chi connectivity index (χ4n) is 1.42. The Balaban J connectivity index is 2.48. The number of ether oxygens (including phenoxy) is 1. The number of rotatable bonds is 1. The Bertz CT molecular complexity index is 839. The molecule has 1 N–H and O–H groups in total. The Kier molecular flexibility index (Phi) is 4.08. The smallest absolute Gasteiger partial charge is 0.300 e. The summed E-state index contributed by atoms with van der Waals surface area (Å²) in [5.74, 6) is 2.27. The van der Waals surface area contributed by atoms with E-state index in [4.69, 9.17) is 0 Å². The Labute approximate surface area is 126 Å². The van der Waals surface area contributed by atoms with Crippen molar-refractivity contribution in [2.45, 2.75) is 20.8 Å². The van der Waals surface area contributed by atoms with Gasteiger partial charge in [-0.25, -0.2) is 19.6 Å². The molecule has 2 aromatic heterocycles. The Morgan fingerprint density at radius 1 is 1.36 bits per heavy atom. The topological polar surface area (TPSA) is 99.0 Å². The van der Waals surface area contributed by atoms with Gasteiger partial charge >= 0.3 is 0 Å². The molecule has 0 aliphatic heterocycles. The predicted molar refractivity (Wildman–Crippen MR) is 79.3 cm³/mol. The Morgan fingerprint density at radius 2 is 2.09 bits per heavy atom. The van der Waals surface area contributed by atoms with E-state index in [0.29, 0.717) is 0 Å². The van der Waals surface area contributed by atoms with E-state index >= 15 is 0 Å². The van der Waals surface area contributed by atoms with E-state index in [1.807, 2.05) is 0 Å². The second-order valence-corrected chi connectivity index (χ2v) is 5.47. The fraction of sp³-hybridized carbons (Fsp3) is 0.357. The minimum Gasteiger partial charge on any atom is -0.450 e. The molecule has 2 rings (SSSR count). The van der Waals surface area contributed by atoms with Gasteiger partial charge in [-0.05, 0) is 5.92 Å². The number of fused-ring (bicyclic) bond motifs is 1. The normalized spacial score (nSPS) is 10.7. The van der Waals surface area contributed by atoms with E-state index < -0.39 is 11.0 Å². The molecule has 0 radical (unpaired) electrons. The quantitative estimate of drug-likeness (QED) is 0.758. The molecule has 0 saturated heterocycles. The highest BCUT2D eigenvalue weighted by Gasteiger charge is 2.22. The summed E-state index contributed by atoms with van der Waals surface area (Å²) in [6.45, 7) is 5.21. The first-order valence-corrected chi connectivity index (χ1v) is 6.43. The summed E-state index contributed by atoms with van der Waals surface area (Å²) in [6.07, 6.45) is 4.95. The van der Waals surface area contributed by atoms with Crippen molar-refractivity contribution in [3.05, 3.63) is 28.6 Å². The molecule has 0 fully saturated rings. The van der Waals surface area contributed by atoms with Crippen molar-refractivity contribution in [3.63, 3.8) is 0 Å². The van der Waals surface area contributed by atoms with Crippen molar-refractivity contribution >= 4 is 17.1 Å². The van der Waals surface area contributed by atoms with Crippen molar-refractivity contribution in [3.8, 4) is 12.0 Å². The van der Waals surface area contributed by atoms with Gasteiger partial charge in [-0.3, -0.25) is 15.0 Å². The van der Waals surface area contributed by atoms with Gasteiger partial charge in [0.05, 0.1) is 13.3 Å². The summed E-state index contributed by atoms with van der Waals surface area (Å²) in [5, 5.41) is 0. The van der Waals surface area contributed by atoms with Crippen LogP contribution in [0.15, 0.2) is 17.3 Å². The van der Waals surface area contributed by atoms with Gasteiger partial charge in [-0.1, -0.05) is 20.8 Å². The van der Waals surface area contributed by atoms with Crippen LogP contribution in [-0.4, -0.2) is 32.6 Å². The lowest BCUT2D eigenvalue weighted by atomic mass is 9.96. The number of carbonyl (C=O) groups excluding carboxylic acids is 1. The predicted octanol–water partition coefficient (Wildman–Crippen LogP) is 0.258. The second-order valence-electron chi connectivity index (χ2n) is 5.47. The van der Waals surface area contributed by atoms with Gasteiger partial charge in [-0.15, -0.1) is 0 Å². The minimum atomic E-state index is -0.647. The fourth-order valence-corrected chi connectivity index (χ4v) is 1.42. The number of nitrogens with one attached hydrogen (secondary N) is 1. The van der Waals surface area contributed by atoms with Crippen LogP contribution in [0.25, 0.3) is 11.2 Å². The first-order valence-electron chi connectivity index (χ1n) is 6.43. The van der Waals surface area contributed by atoms with Crippen LogP contribution in [0.2, 0.25) is 0 Å². The van der Waals surface area contributed by atoms with Crippen molar-refractivity contribution in [2.75, 3.05) is 12.5 Å². The maximum Gasteiger partial charge on any atom is 0.300 e. The molecule has 0 aromatic carbocycles. The van der Waals surface area contributed by atoms with Gasteiger partial charge in [0, 0.05) is 5.41 Å². The highest BCUT2D eigenvalue weighted by atomic mass is 16.5. The maximum atomic E-state index is 12.3. The first-order chi connectivity index (χ1) is 10.3. The minimum absolute atomic E-state index is 0.0135. The molecular formula is C14H15N5O3. The monoisotopic (exact) mass is 301 g/mol. The van der Waals surface area contributed by atoms with Crippen LogP contribution in [0.1, 0.15) is 26.5 Å². The number of carbonyl (C=O) groups is 1. The van der Waals surface area contributed by atoms with Gasteiger partial charge in [0.1, 0.15) is 18.1 Å². The average molecular weight is 301 g/mol. The molecule has 0 saturated carbocycles. The zero-order valence-corrected chi connectivity index (χ0v) is 12.7. The third-order valence-corrected chi connectivity index (χ3v) is 2.65. The molecule has 2 aromatic rings. The number of nitrogens with zero attached hydrogens (tertiary/aromatic N) is 4. The molecular weight excluding hydrogens is 286 g/mol. The van der Waals surface area contributed by atoms with E-state index in [1.165, 1.54) is 19.6 Å². The number of hydrogen-bond donors (Lipinski definition) is 1. The van der Waals surface area contributed by atoms with Gasteiger partial charge < -0.3 is 4.74 Å². The third-order valence-electron chi connectivity index (χ3n) is 2.65. The summed E-state index contributed by atoms with van der Waals surface area (Å²) in [6, 6.07) is 0. The van der Waals surface area contributed by atoms with E-state index in [9.17, 15) is 9.59 Å². The molecule has 114 valence electrons. The Morgan fingerprint density at radius 3 is 2.73 bits per heavy atom. The zero-order valence-electron chi connectivity index (χ0n) is 12.7. The second kappa shape index (κ2) is 5.81. The van der Waals surface area contributed by atoms with Crippen LogP contribution in [0.4, 0.5) is 0 Å². The molecule has 0 atom stereocenters. The Hall–Kier alpha value is -2.95. The largest absolute Gasteiger partial charge is 0.450 e. The number of methoxy groups -OCH3 is 1. The van der Waals surface area contributed by atoms with Crippen molar-refractivity contribution < 1.29 is 9.53 Å². The van der Waals surface area contributed by atoms with Gasteiger partial charge in [0.15, 0.2) is 11.2 Å². The zero-order chi connectivity index (χ0) is 16.3. The lowest BCUT2D eigenvalue weighted by Gasteiger charge is -2.18. The summed E-state index contributed by atoms with van der Waals surface area (Å²) < 4.78 is 5.60. The van der Waals surface area contributed by atoms with E-state index in [-0.39, 0.29) is 22.8 Å². The summed E-state index contributed by atoms with van der Waals surface area (Å²) in [4.78, 5) is 36.4. The van der Waals surface area contributed by atoms with E-state index in [2.05, 4.69) is 37.1 Å². The van der Waals surface area contributed by atoms with Crippen molar-refractivity contribution in [2.24, 2.45) is 5.41 Å². The number of amides is 1. The molecule has 8 heteroatoms. The number of hydrogen-bond acceptors (Lipinski definition) is 6. The van der Waals surface area contributed by atoms with Crippen molar-refractivity contribution in [1.82, 2.24) is 19.6 Å². The van der Waals surface area contributed by atoms with Crippen LogP contribution >= 0.6 is 0 Å². The molecule has 2 heterocycles. The lowest BCUT2D eigenvalue weighted by molar-refractivity contribution is -0.124. The van der Waals surface area contributed by atoms with Gasteiger partial charge in [0.25, 0.3) is 5.56 Å². The number of aromatic nitrogens is 4. The molecule has 0 unspecified atom stereocenters. The highest BCUT2D eigenvalue weighted by Crippen LogP contribution is 2.12. The molecule has 0 aliphatic rings. The van der Waals surface area contributed by atoms with E-state index in [1.54, 1.807) is 20.8 Å². The van der Waals surface area contributed by atoms with Crippen LogP contribution < -0.4 is 11.0 Å². The van der Waals surface area contributed by atoms with Crippen LogP contribution in [-0.2, 0) is 9.53 Å². The van der Waals surface area contributed by atoms with Gasteiger partial charge in [0.2, 0.25) is 5.91 Å². The average Bonchev–Trinajstić information content (AvgIpc) is 2.47. The molecule has 8 nitrogen and oxygen atoms in total. The highest BCUT2D eigenvalue weighted by molar-refractivity contribution is 5.88. The van der Waals surface area contributed by atoms with Crippen LogP contribution in [0.3, 0.4) is 0 Å². The first kappa shape index (κ1) is 15.4. The standard InChI is InChI=1S/C14H15N5O3/c1-14(2,3)13(21)18-19-8-16-11-10(12(19)20)17-9(7-15-11)5-6-22-4/h7-8H,1-4H3,(H,18,21). The molecule has 1 amide bonds. The SMILES string of the molecule is COC#Cc1cnc2ncn(NC(=O)C(C)(C)C)c(=O)c2n1. The summed E-state index contributed by atoms with van der Waals surface area (Å²) in [5.41, 5.74) is 1.76. The molecule has 0 aliphatic carbocycles. The van der Waals surface area contributed by atoms with Crippen LogP contribution in [0, 0.1) is 17.4 Å².